The van der Waals surface area contributed by atoms with E-state index in [2.05, 4.69) is 10.6 Å². The second-order valence-corrected chi connectivity index (χ2v) is 8.02. The highest BCUT2D eigenvalue weighted by molar-refractivity contribution is 6.05. The lowest BCUT2D eigenvalue weighted by Crippen LogP contribution is -2.52. The molecule has 33 heavy (non-hydrogen) atoms. The van der Waals surface area contributed by atoms with Crippen LogP contribution in [0.4, 0.5) is 8.78 Å². The zero-order valence-corrected chi connectivity index (χ0v) is 17.2. The van der Waals surface area contributed by atoms with E-state index in [0.29, 0.717) is 5.56 Å². The third kappa shape index (κ3) is 3.53. The van der Waals surface area contributed by atoms with Crippen LogP contribution in [0.15, 0.2) is 42.7 Å². The average molecular weight is 452 g/mol. The summed E-state index contributed by atoms with van der Waals surface area (Å²) in [5.74, 6) is -4.15. The first-order chi connectivity index (χ1) is 15.8. The van der Waals surface area contributed by atoms with Crippen molar-refractivity contribution in [2.75, 3.05) is 0 Å². The Bertz CT molecular complexity index is 1320. The summed E-state index contributed by atoms with van der Waals surface area (Å²) >= 11 is 0. The summed E-state index contributed by atoms with van der Waals surface area (Å²) in [6.45, 7) is -0.638. The second-order valence-electron chi connectivity index (χ2n) is 8.02. The van der Waals surface area contributed by atoms with E-state index in [4.69, 9.17) is 0 Å². The monoisotopic (exact) mass is 452 g/mol. The Balaban J connectivity index is 1.36. The van der Waals surface area contributed by atoms with Gasteiger partial charge in [0.2, 0.25) is 11.8 Å². The molecule has 3 aromatic rings. The van der Waals surface area contributed by atoms with Crippen molar-refractivity contribution in [2.24, 2.45) is 0 Å². The lowest BCUT2D eigenvalue weighted by molar-refractivity contribution is -0.136. The van der Waals surface area contributed by atoms with E-state index in [-0.39, 0.29) is 36.1 Å². The molecule has 1 unspecified atom stereocenters. The van der Waals surface area contributed by atoms with Crippen LogP contribution in [-0.4, -0.2) is 39.0 Å². The van der Waals surface area contributed by atoms with Gasteiger partial charge in [0.15, 0.2) is 0 Å². The number of nitrogens with one attached hydrogen (secondary N) is 2. The number of piperidine rings is 1. The van der Waals surface area contributed by atoms with Gasteiger partial charge in [-0.3, -0.25) is 24.5 Å². The number of halogens is 2. The Labute approximate surface area is 186 Å². The van der Waals surface area contributed by atoms with Gasteiger partial charge in [-0.05, 0) is 30.7 Å². The number of pyridine rings is 1. The first kappa shape index (κ1) is 20.8. The van der Waals surface area contributed by atoms with Crippen LogP contribution in [0, 0.1) is 11.6 Å². The molecular formula is C23H18F2N4O4. The summed E-state index contributed by atoms with van der Waals surface area (Å²) in [7, 11) is 0. The molecule has 2 aliphatic rings. The number of aromatic nitrogens is 1. The number of fused-ring (bicyclic) bond motifs is 2. The zero-order chi connectivity index (χ0) is 23.3. The first-order valence-electron chi connectivity index (χ1n) is 10.3. The van der Waals surface area contributed by atoms with Gasteiger partial charge in [-0.15, -0.1) is 0 Å². The van der Waals surface area contributed by atoms with Crippen molar-refractivity contribution in [1.29, 1.82) is 0 Å². The fourth-order valence-corrected chi connectivity index (χ4v) is 4.29. The molecule has 1 fully saturated rings. The molecule has 10 heteroatoms. The number of benzene rings is 1. The summed E-state index contributed by atoms with van der Waals surface area (Å²) < 4.78 is 31.7. The zero-order valence-electron chi connectivity index (χ0n) is 17.2. The van der Waals surface area contributed by atoms with Crippen LogP contribution >= 0.6 is 0 Å². The minimum absolute atomic E-state index is 0.0371. The Morgan fingerprint density at radius 3 is 2.76 bits per heavy atom. The number of carbonyl (C=O) groups excluding carboxylic acids is 4. The van der Waals surface area contributed by atoms with Gasteiger partial charge < -0.3 is 14.6 Å². The molecule has 5 rings (SSSR count). The molecule has 0 radical (unpaired) electrons. The van der Waals surface area contributed by atoms with Gasteiger partial charge in [0.1, 0.15) is 17.7 Å². The SMILES string of the molecule is O=C1CCC(N2Cc3c(cc(F)c(CNC(=O)c4cc5ccccn5c4)c3F)C2=O)C(=O)N1. The van der Waals surface area contributed by atoms with Crippen LogP contribution in [0.25, 0.3) is 5.52 Å². The number of hydrogen-bond acceptors (Lipinski definition) is 4. The van der Waals surface area contributed by atoms with Crippen LogP contribution in [0.1, 0.15) is 44.7 Å². The lowest BCUT2D eigenvalue weighted by Gasteiger charge is -2.29. The van der Waals surface area contributed by atoms with Crippen LogP contribution in [0.2, 0.25) is 0 Å². The Morgan fingerprint density at radius 1 is 1.18 bits per heavy atom. The van der Waals surface area contributed by atoms with E-state index in [1.54, 1.807) is 22.9 Å². The fraction of sp³-hybridized carbons (Fsp3) is 0.217. The highest BCUT2D eigenvalue weighted by atomic mass is 19.1. The van der Waals surface area contributed by atoms with Crippen molar-refractivity contribution in [3.8, 4) is 0 Å². The molecule has 1 atom stereocenters. The van der Waals surface area contributed by atoms with Gasteiger partial charge >= 0.3 is 0 Å². The predicted molar refractivity (Wildman–Crippen MR) is 111 cm³/mol. The summed E-state index contributed by atoms with van der Waals surface area (Å²) in [5, 5.41) is 4.67. The van der Waals surface area contributed by atoms with E-state index in [1.807, 2.05) is 18.2 Å². The number of carbonyl (C=O) groups is 4. The fourth-order valence-electron chi connectivity index (χ4n) is 4.29. The average Bonchev–Trinajstić information content (AvgIpc) is 3.36. The molecule has 4 amide bonds. The molecule has 1 saturated heterocycles. The summed E-state index contributed by atoms with van der Waals surface area (Å²) in [5.41, 5.74) is 0.559. The summed E-state index contributed by atoms with van der Waals surface area (Å²) in [6, 6.07) is 7.11. The maximum atomic E-state index is 15.2. The molecule has 0 spiro atoms. The number of nitrogens with zero attached hydrogens (tertiary/aromatic N) is 2. The highest BCUT2D eigenvalue weighted by Gasteiger charge is 2.41. The van der Waals surface area contributed by atoms with E-state index < -0.39 is 47.8 Å². The van der Waals surface area contributed by atoms with Crippen LogP contribution in [0.3, 0.4) is 0 Å². The number of hydrogen-bond donors (Lipinski definition) is 2. The van der Waals surface area contributed by atoms with E-state index in [1.165, 1.54) is 0 Å². The van der Waals surface area contributed by atoms with Crippen molar-refractivity contribution in [1.82, 2.24) is 19.9 Å². The van der Waals surface area contributed by atoms with Gasteiger partial charge in [-0.1, -0.05) is 6.07 Å². The quantitative estimate of drug-likeness (QED) is 0.591. The van der Waals surface area contributed by atoms with Crippen molar-refractivity contribution in [2.45, 2.75) is 32.0 Å². The third-order valence-corrected chi connectivity index (χ3v) is 6.01. The standard InChI is InChI=1S/C23H18F2N4O4/c24-17-8-14-16(11-29(23(14)33)18-4-5-19(30)27-22(18)32)20(25)15(17)9-26-21(31)12-7-13-3-1-2-6-28(13)10-12/h1-3,6-8,10,18H,4-5,9,11H2,(H,26,31)(H,27,30,32). The van der Waals surface area contributed by atoms with Gasteiger partial charge in [0.05, 0.1) is 17.7 Å². The van der Waals surface area contributed by atoms with Crippen molar-refractivity contribution in [3.63, 3.8) is 0 Å². The third-order valence-electron chi connectivity index (χ3n) is 6.01. The van der Waals surface area contributed by atoms with E-state index >= 15 is 4.39 Å². The Hall–Kier alpha value is -4.08. The maximum absolute atomic E-state index is 15.2. The number of amides is 4. The first-order valence-corrected chi connectivity index (χ1v) is 10.3. The maximum Gasteiger partial charge on any atom is 0.255 e. The Morgan fingerprint density at radius 2 is 2.00 bits per heavy atom. The Kier molecular flexibility index (Phi) is 4.92. The van der Waals surface area contributed by atoms with Gasteiger partial charge in [0.25, 0.3) is 11.8 Å². The molecule has 0 bridgehead atoms. The largest absolute Gasteiger partial charge is 0.348 e. The molecule has 0 saturated carbocycles. The summed E-state index contributed by atoms with van der Waals surface area (Å²) in [4.78, 5) is 49.9. The van der Waals surface area contributed by atoms with Gasteiger partial charge in [0, 0.05) is 42.0 Å². The molecule has 2 aromatic heterocycles. The normalized spacial score (nSPS) is 17.9. The minimum Gasteiger partial charge on any atom is -0.348 e. The molecule has 1 aromatic carbocycles. The second kappa shape index (κ2) is 7.80. The molecule has 0 aliphatic carbocycles. The molecule has 8 nitrogen and oxygen atoms in total. The number of rotatable bonds is 4. The molecule has 2 aliphatic heterocycles. The molecule has 4 heterocycles. The van der Waals surface area contributed by atoms with Gasteiger partial charge in [-0.2, -0.15) is 0 Å². The van der Waals surface area contributed by atoms with Crippen molar-refractivity contribution >= 4 is 29.1 Å². The summed E-state index contributed by atoms with van der Waals surface area (Å²) in [6.07, 6.45) is 3.55. The predicted octanol–water partition coefficient (Wildman–Crippen LogP) is 1.91. The molecular weight excluding hydrogens is 434 g/mol. The van der Waals surface area contributed by atoms with Crippen LogP contribution in [-0.2, 0) is 22.7 Å². The highest BCUT2D eigenvalue weighted by Crippen LogP contribution is 2.32. The van der Waals surface area contributed by atoms with Crippen molar-refractivity contribution < 1.29 is 28.0 Å². The lowest BCUT2D eigenvalue weighted by atomic mass is 10.0. The van der Waals surface area contributed by atoms with Crippen LogP contribution < -0.4 is 10.6 Å². The van der Waals surface area contributed by atoms with E-state index in [0.717, 1.165) is 16.5 Å². The molecule has 2 N–H and O–H groups in total. The van der Waals surface area contributed by atoms with Crippen LogP contribution in [0.5, 0.6) is 0 Å². The number of imide groups is 1. The topological polar surface area (TPSA) is 100.0 Å². The minimum atomic E-state index is -0.966. The van der Waals surface area contributed by atoms with E-state index in [9.17, 15) is 23.6 Å². The molecule has 168 valence electrons. The smallest absolute Gasteiger partial charge is 0.255 e. The van der Waals surface area contributed by atoms with Crippen molar-refractivity contribution in [3.05, 3.63) is 76.6 Å². The van der Waals surface area contributed by atoms with Gasteiger partial charge in [-0.25, -0.2) is 8.78 Å².